The minimum atomic E-state index is -0.270. The van der Waals surface area contributed by atoms with Crippen molar-refractivity contribution in [1.29, 1.82) is 5.26 Å². The molecule has 1 N–H and O–H groups in total. The van der Waals surface area contributed by atoms with Crippen molar-refractivity contribution in [2.75, 3.05) is 12.4 Å². The highest BCUT2D eigenvalue weighted by Gasteiger charge is 2.05. The second-order valence-electron chi connectivity index (χ2n) is 5.95. The average molecular weight is 437 g/mol. The first-order valence-electron chi connectivity index (χ1n) is 8.41. The van der Waals surface area contributed by atoms with Crippen LogP contribution in [0, 0.1) is 11.3 Å². The molecule has 3 aromatic rings. The summed E-state index contributed by atoms with van der Waals surface area (Å²) in [4.78, 5) is 12.2. The van der Waals surface area contributed by atoms with E-state index >= 15 is 0 Å². The van der Waals surface area contributed by atoms with Crippen molar-refractivity contribution in [2.24, 2.45) is 0 Å². The van der Waals surface area contributed by atoms with Gasteiger partial charge in [-0.3, -0.25) is 9.48 Å². The molecule has 0 atom stereocenters. The number of carbonyl (C=O) groups is 1. The molecule has 0 fully saturated rings. The number of benzene rings is 2. The van der Waals surface area contributed by atoms with Crippen LogP contribution in [0.5, 0.6) is 5.75 Å². The van der Waals surface area contributed by atoms with Crippen LogP contribution in [0.15, 0.2) is 65.4 Å². The van der Waals surface area contributed by atoms with Crippen molar-refractivity contribution < 1.29 is 9.53 Å². The van der Waals surface area contributed by atoms with Crippen LogP contribution in [0.3, 0.4) is 0 Å². The van der Waals surface area contributed by atoms with E-state index in [1.807, 2.05) is 36.4 Å². The van der Waals surface area contributed by atoms with Crippen molar-refractivity contribution in [3.63, 3.8) is 0 Å². The molecule has 0 aliphatic heterocycles. The lowest BCUT2D eigenvalue weighted by Gasteiger charge is -2.05. The Hall–Kier alpha value is -3.37. The van der Waals surface area contributed by atoms with E-state index in [9.17, 15) is 4.79 Å². The Kier molecular flexibility index (Phi) is 6.25. The zero-order chi connectivity index (χ0) is 19.9. The standard InChI is InChI=1S/C21H17BrN4O2/c1-28-20-7-6-18(22)10-17(20)5-8-21(27)25-19-12-24-26(14-19)13-16-4-2-3-15(9-16)11-23/h2-10,12,14H,13H2,1H3,(H,25,27). The quantitative estimate of drug-likeness (QED) is 0.586. The van der Waals surface area contributed by atoms with E-state index in [1.165, 1.54) is 6.08 Å². The zero-order valence-electron chi connectivity index (χ0n) is 15.1. The third kappa shape index (κ3) is 5.09. The third-order valence-electron chi connectivity index (χ3n) is 3.91. The molecular weight excluding hydrogens is 420 g/mol. The number of aromatic nitrogens is 2. The van der Waals surface area contributed by atoms with Crippen LogP contribution < -0.4 is 10.1 Å². The number of hydrogen-bond donors (Lipinski definition) is 1. The Morgan fingerprint density at radius 3 is 3.00 bits per heavy atom. The van der Waals surface area contributed by atoms with Crippen molar-refractivity contribution in [1.82, 2.24) is 9.78 Å². The molecule has 1 amide bonds. The maximum Gasteiger partial charge on any atom is 0.248 e. The van der Waals surface area contributed by atoms with Gasteiger partial charge in [0, 0.05) is 22.3 Å². The number of anilines is 1. The molecule has 0 spiro atoms. The van der Waals surface area contributed by atoms with E-state index in [0.717, 1.165) is 15.6 Å². The number of amides is 1. The fourth-order valence-electron chi connectivity index (χ4n) is 2.63. The Morgan fingerprint density at radius 1 is 1.36 bits per heavy atom. The second kappa shape index (κ2) is 9.02. The summed E-state index contributed by atoms with van der Waals surface area (Å²) >= 11 is 3.41. The summed E-state index contributed by atoms with van der Waals surface area (Å²) in [7, 11) is 1.58. The first kappa shape index (κ1) is 19.4. The molecule has 7 heteroatoms. The van der Waals surface area contributed by atoms with Gasteiger partial charge in [0.25, 0.3) is 0 Å². The van der Waals surface area contributed by atoms with Gasteiger partial charge >= 0.3 is 0 Å². The normalized spacial score (nSPS) is 10.6. The molecule has 2 aromatic carbocycles. The average Bonchev–Trinajstić information content (AvgIpc) is 3.13. The van der Waals surface area contributed by atoms with Crippen LogP contribution in [0.25, 0.3) is 6.08 Å². The SMILES string of the molecule is COc1ccc(Br)cc1C=CC(=O)Nc1cnn(Cc2cccc(C#N)c2)c1. The maximum absolute atomic E-state index is 12.2. The molecule has 0 bridgehead atoms. The Labute approximate surface area is 171 Å². The lowest BCUT2D eigenvalue weighted by molar-refractivity contribution is -0.111. The number of rotatable bonds is 6. The molecule has 0 aliphatic carbocycles. The number of nitrogens with one attached hydrogen (secondary N) is 1. The summed E-state index contributed by atoms with van der Waals surface area (Å²) in [6.07, 6.45) is 6.46. The van der Waals surface area contributed by atoms with Crippen LogP contribution in [0.4, 0.5) is 5.69 Å². The Balaban J connectivity index is 1.64. The minimum Gasteiger partial charge on any atom is -0.496 e. The van der Waals surface area contributed by atoms with Gasteiger partial charge in [0.1, 0.15) is 5.75 Å². The summed E-state index contributed by atoms with van der Waals surface area (Å²) in [5, 5.41) is 16.0. The van der Waals surface area contributed by atoms with E-state index in [0.29, 0.717) is 23.5 Å². The smallest absolute Gasteiger partial charge is 0.248 e. The lowest BCUT2D eigenvalue weighted by Crippen LogP contribution is -2.07. The fraction of sp³-hybridized carbons (Fsp3) is 0.0952. The van der Waals surface area contributed by atoms with Crippen LogP contribution in [-0.4, -0.2) is 22.8 Å². The van der Waals surface area contributed by atoms with E-state index in [-0.39, 0.29) is 5.91 Å². The number of hydrogen-bond acceptors (Lipinski definition) is 4. The summed E-state index contributed by atoms with van der Waals surface area (Å²) < 4.78 is 7.89. The molecule has 6 nitrogen and oxygen atoms in total. The molecule has 0 unspecified atom stereocenters. The molecule has 140 valence electrons. The van der Waals surface area contributed by atoms with Gasteiger partial charge in [-0.15, -0.1) is 0 Å². The predicted molar refractivity (Wildman–Crippen MR) is 111 cm³/mol. The van der Waals surface area contributed by atoms with Crippen molar-refractivity contribution in [3.05, 3.63) is 82.1 Å². The van der Waals surface area contributed by atoms with Crippen LogP contribution in [0.2, 0.25) is 0 Å². The topological polar surface area (TPSA) is 79.9 Å². The molecule has 0 radical (unpaired) electrons. The van der Waals surface area contributed by atoms with Gasteiger partial charge in [0.05, 0.1) is 37.2 Å². The van der Waals surface area contributed by atoms with Gasteiger partial charge in [-0.25, -0.2) is 0 Å². The van der Waals surface area contributed by atoms with Gasteiger partial charge in [0.15, 0.2) is 0 Å². The van der Waals surface area contributed by atoms with Gasteiger partial charge in [-0.2, -0.15) is 10.4 Å². The molecule has 3 rings (SSSR count). The highest BCUT2D eigenvalue weighted by molar-refractivity contribution is 9.10. The lowest BCUT2D eigenvalue weighted by atomic mass is 10.1. The highest BCUT2D eigenvalue weighted by Crippen LogP contribution is 2.24. The Bertz CT molecular complexity index is 1070. The van der Waals surface area contributed by atoms with Crippen molar-refractivity contribution in [2.45, 2.75) is 6.54 Å². The van der Waals surface area contributed by atoms with E-state index < -0.39 is 0 Å². The molecule has 0 saturated carbocycles. The van der Waals surface area contributed by atoms with Gasteiger partial charge < -0.3 is 10.1 Å². The second-order valence-corrected chi connectivity index (χ2v) is 6.86. The fourth-order valence-corrected chi connectivity index (χ4v) is 3.00. The predicted octanol–water partition coefficient (Wildman–Crippen LogP) is 4.23. The van der Waals surface area contributed by atoms with E-state index in [4.69, 9.17) is 10.00 Å². The first-order chi connectivity index (χ1) is 13.6. The Morgan fingerprint density at radius 2 is 2.21 bits per heavy atom. The molecule has 0 saturated heterocycles. The van der Waals surface area contributed by atoms with Crippen molar-refractivity contribution in [3.8, 4) is 11.8 Å². The number of ether oxygens (including phenoxy) is 1. The van der Waals surface area contributed by atoms with Gasteiger partial charge in [0.2, 0.25) is 5.91 Å². The first-order valence-corrected chi connectivity index (χ1v) is 9.21. The molecule has 0 aliphatic rings. The van der Waals surface area contributed by atoms with Gasteiger partial charge in [-0.05, 0) is 42.0 Å². The zero-order valence-corrected chi connectivity index (χ0v) is 16.7. The largest absolute Gasteiger partial charge is 0.496 e. The van der Waals surface area contributed by atoms with Crippen LogP contribution in [0.1, 0.15) is 16.7 Å². The number of carbonyl (C=O) groups excluding carboxylic acids is 1. The number of halogens is 1. The summed E-state index contributed by atoms with van der Waals surface area (Å²) in [5.74, 6) is 0.410. The highest BCUT2D eigenvalue weighted by atomic mass is 79.9. The third-order valence-corrected chi connectivity index (χ3v) is 4.40. The van der Waals surface area contributed by atoms with Crippen LogP contribution >= 0.6 is 15.9 Å². The molecule has 1 heterocycles. The molecule has 1 aromatic heterocycles. The maximum atomic E-state index is 12.2. The van der Waals surface area contributed by atoms with Crippen LogP contribution in [-0.2, 0) is 11.3 Å². The number of methoxy groups -OCH3 is 1. The van der Waals surface area contributed by atoms with Crippen molar-refractivity contribution >= 4 is 33.6 Å². The summed E-state index contributed by atoms with van der Waals surface area (Å²) in [5.41, 5.74) is 2.94. The van der Waals surface area contributed by atoms with E-state index in [2.05, 4.69) is 32.4 Å². The minimum absolute atomic E-state index is 0.270. The van der Waals surface area contributed by atoms with Gasteiger partial charge in [-0.1, -0.05) is 28.1 Å². The summed E-state index contributed by atoms with van der Waals surface area (Å²) in [6.45, 7) is 0.510. The summed E-state index contributed by atoms with van der Waals surface area (Å²) in [6, 6.07) is 15.0. The molecule has 28 heavy (non-hydrogen) atoms. The monoisotopic (exact) mass is 436 g/mol. The molecular formula is C21H17BrN4O2. The van der Waals surface area contributed by atoms with E-state index in [1.54, 1.807) is 36.3 Å². The number of nitriles is 1. The number of nitrogens with zero attached hydrogens (tertiary/aromatic N) is 3.